The van der Waals surface area contributed by atoms with Crippen LogP contribution in [0.15, 0.2) is 58.1 Å². The zero-order chi connectivity index (χ0) is 21.4. The molecule has 3 heterocycles. The molecule has 8 nitrogen and oxygen atoms in total. The fourth-order valence-corrected chi connectivity index (χ4v) is 4.46. The van der Waals surface area contributed by atoms with Crippen LogP contribution in [0.3, 0.4) is 0 Å². The molecule has 1 saturated heterocycles. The molecule has 0 radical (unpaired) electrons. The number of carbonyl (C=O) groups is 4. The zero-order valence-electron chi connectivity index (χ0n) is 16.2. The molecule has 4 rings (SSSR count). The number of hydrogen-bond acceptors (Lipinski definition) is 7. The second kappa shape index (κ2) is 7.83. The molecule has 1 unspecified atom stereocenters. The number of benzene rings is 1. The highest BCUT2D eigenvalue weighted by atomic mass is 32.2. The average molecular weight is 426 g/mol. The maximum Gasteiger partial charge on any atom is 0.359 e. The standard InChI is InChI=1S/C21H18N2O6S/c1-3-12-15-10-16(30-9-8-22-11(2)24)17(23(15)18(12)25)20(27)29-21-14-7-5-4-6-13(14)19(26)28-21/h3-9,15,21H,10H2,1-2H3,(H,22,24)/b9-8+,12-3-/t15-,21?/m1/s1. The Hall–Kier alpha value is -3.33. The zero-order valence-corrected chi connectivity index (χ0v) is 17.0. The van der Waals surface area contributed by atoms with E-state index in [-0.39, 0.29) is 23.6 Å². The van der Waals surface area contributed by atoms with Gasteiger partial charge in [-0.3, -0.25) is 14.5 Å². The fourth-order valence-electron chi connectivity index (χ4n) is 3.61. The summed E-state index contributed by atoms with van der Waals surface area (Å²) in [5.74, 6) is -1.78. The predicted octanol–water partition coefficient (Wildman–Crippen LogP) is 2.51. The van der Waals surface area contributed by atoms with Crippen molar-refractivity contribution in [2.45, 2.75) is 32.6 Å². The second-order valence-corrected chi connectivity index (χ2v) is 7.76. The van der Waals surface area contributed by atoms with Crippen LogP contribution in [0, 0.1) is 0 Å². The Balaban J connectivity index is 1.58. The molecular formula is C21H18N2O6S. The summed E-state index contributed by atoms with van der Waals surface area (Å²) in [4.78, 5) is 50.5. The lowest BCUT2D eigenvalue weighted by molar-refractivity contribution is -0.166. The highest BCUT2D eigenvalue weighted by Gasteiger charge is 2.52. The summed E-state index contributed by atoms with van der Waals surface area (Å²) in [6.45, 7) is 3.16. The smallest absolute Gasteiger partial charge is 0.359 e. The van der Waals surface area contributed by atoms with Gasteiger partial charge in [-0.2, -0.15) is 0 Å². The Labute approximate surface area is 176 Å². The Morgan fingerprint density at radius 3 is 2.80 bits per heavy atom. The van der Waals surface area contributed by atoms with Crippen molar-refractivity contribution in [1.29, 1.82) is 0 Å². The first-order chi connectivity index (χ1) is 14.4. The van der Waals surface area contributed by atoms with Crippen molar-refractivity contribution in [3.8, 4) is 0 Å². The van der Waals surface area contributed by atoms with E-state index >= 15 is 0 Å². The number of rotatable bonds is 5. The molecule has 0 aliphatic carbocycles. The summed E-state index contributed by atoms with van der Waals surface area (Å²) in [6.07, 6.45) is 2.51. The van der Waals surface area contributed by atoms with Crippen LogP contribution in [0.5, 0.6) is 0 Å². The van der Waals surface area contributed by atoms with E-state index in [1.54, 1.807) is 42.7 Å². The van der Waals surface area contributed by atoms with Crippen molar-refractivity contribution in [3.05, 3.63) is 69.3 Å². The van der Waals surface area contributed by atoms with Gasteiger partial charge in [0.05, 0.1) is 11.6 Å². The normalized spacial score (nSPS) is 23.4. The van der Waals surface area contributed by atoms with Gasteiger partial charge < -0.3 is 14.8 Å². The van der Waals surface area contributed by atoms with Gasteiger partial charge in [0.15, 0.2) is 0 Å². The van der Waals surface area contributed by atoms with Gasteiger partial charge in [-0.1, -0.05) is 36.0 Å². The molecule has 3 aliphatic heterocycles. The van der Waals surface area contributed by atoms with Crippen LogP contribution in [-0.2, 0) is 23.9 Å². The first-order valence-corrected chi connectivity index (χ1v) is 10.1. The van der Waals surface area contributed by atoms with Crippen LogP contribution in [0.4, 0.5) is 0 Å². The summed E-state index contributed by atoms with van der Waals surface area (Å²) in [5.41, 5.74) is 1.58. The molecule has 0 spiro atoms. The molecule has 30 heavy (non-hydrogen) atoms. The number of amides is 2. The summed E-state index contributed by atoms with van der Waals surface area (Å²) in [6, 6.07) is 6.45. The highest BCUT2D eigenvalue weighted by Crippen LogP contribution is 2.47. The molecule has 0 aromatic heterocycles. The van der Waals surface area contributed by atoms with E-state index in [1.165, 1.54) is 29.8 Å². The summed E-state index contributed by atoms with van der Waals surface area (Å²) in [5, 5.41) is 4.15. The fraction of sp³-hybridized carbons (Fsp3) is 0.238. The van der Waals surface area contributed by atoms with Gasteiger partial charge in [0.1, 0.15) is 5.70 Å². The Bertz CT molecular complexity index is 1060. The van der Waals surface area contributed by atoms with Crippen LogP contribution in [0.2, 0.25) is 0 Å². The first-order valence-electron chi connectivity index (χ1n) is 9.25. The summed E-state index contributed by atoms with van der Waals surface area (Å²) >= 11 is 1.22. The second-order valence-electron chi connectivity index (χ2n) is 6.76. The maximum atomic E-state index is 13.0. The van der Waals surface area contributed by atoms with E-state index in [4.69, 9.17) is 9.47 Å². The average Bonchev–Trinajstić information content (AvgIpc) is 3.21. The number of allylic oxidation sites excluding steroid dienone is 1. The number of esters is 2. The number of nitrogens with zero attached hydrogens (tertiary/aromatic N) is 1. The number of carbonyl (C=O) groups excluding carboxylic acids is 4. The third kappa shape index (κ3) is 3.30. The lowest BCUT2D eigenvalue weighted by Gasteiger charge is -2.38. The van der Waals surface area contributed by atoms with Crippen molar-refractivity contribution < 1.29 is 28.7 Å². The molecule has 1 aromatic rings. The first kappa shape index (κ1) is 20.0. The number of ether oxygens (including phenoxy) is 2. The molecule has 1 N–H and O–H groups in total. The molecule has 9 heteroatoms. The molecule has 2 atom stereocenters. The highest BCUT2D eigenvalue weighted by molar-refractivity contribution is 8.05. The van der Waals surface area contributed by atoms with E-state index in [1.807, 2.05) is 0 Å². The summed E-state index contributed by atoms with van der Waals surface area (Å²) in [7, 11) is 0. The van der Waals surface area contributed by atoms with E-state index < -0.39 is 18.2 Å². The lowest BCUT2D eigenvalue weighted by atomic mass is 9.94. The Kier molecular flexibility index (Phi) is 5.21. The van der Waals surface area contributed by atoms with Crippen LogP contribution >= 0.6 is 11.8 Å². The van der Waals surface area contributed by atoms with Crippen LogP contribution in [0.1, 0.15) is 42.5 Å². The van der Waals surface area contributed by atoms with Crippen LogP contribution in [-0.4, -0.2) is 34.7 Å². The van der Waals surface area contributed by atoms with E-state index in [0.717, 1.165) is 0 Å². The quantitative estimate of drug-likeness (QED) is 0.438. The molecule has 1 aromatic carbocycles. The third-order valence-electron chi connectivity index (χ3n) is 4.95. The van der Waals surface area contributed by atoms with Crippen molar-refractivity contribution in [2.75, 3.05) is 0 Å². The van der Waals surface area contributed by atoms with Crippen LogP contribution in [0.25, 0.3) is 0 Å². The van der Waals surface area contributed by atoms with Gasteiger partial charge in [0.25, 0.3) is 12.2 Å². The van der Waals surface area contributed by atoms with Gasteiger partial charge >= 0.3 is 11.9 Å². The van der Waals surface area contributed by atoms with Gasteiger partial charge in [-0.05, 0) is 18.4 Å². The minimum atomic E-state index is -1.16. The Morgan fingerprint density at radius 2 is 2.07 bits per heavy atom. The maximum absolute atomic E-state index is 13.0. The van der Waals surface area contributed by atoms with Crippen molar-refractivity contribution in [3.63, 3.8) is 0 Å². The van der Waals surface area contributed by atoms with Crippen molar-refractivity contribution >= 4 is 35.5 Å². The third-order valence-corrected chi connectivity index (χ3v) is 5.87. The molecule has 154 valence electrons. The van der Waals surface area contributed by atoms with Crippen LogP contribution < -0.4 is 5.32 Å². The minimum Gasteiger partial charge on any atom is -0.417 e. The molecule has 1 fully saturated rings. The summed E-state index contributed by atoms with van der Waals surface area (Å²) < 4.78 is 10.7. The number of fused-ring (bicyclic) bond motifs is 2. The monoisotopic (exact) mass is 426 g/mol. The molecular weight excluding hydrogens is 408 g/mol. The molecule has 2 amide bonds. The number of hydrogen-bond donors (Lipinski definition) is 1. The van der Waals surface area contributed by atoms with Gasteiger partial charge in [-0.25, -0.2) is 9.59 Å². The molecule has 0 bridgehead atoms. The minimum absolute atomic E-state index is 0.133. The molecule has 0 saturated carbocycles. The largest absolute Gasteiger partial charge is 0.417 e. The number of β-lactam (4-membered cyclic amide) rings is 1. The number of cyclic esters (lactones) is 1. The van der Waals surface area contributed by atoms with E-state index in [9.17, 15) is 19.2 Å². The molecule has 3 aliphatic rings. The van der Waals surface area contributed by atoms with Gasteiger partial charge in [0.2, 0.25) is 5.91 Å². The van der Waals surface area contributed by atoms with Gasteiger partial charge in [-0.15, -0.1) is 0 Å². The SMILES string of the molecule is C/C=C1\C(=O)N2C(C(=O)OC3OC(=O)c4ccccc43)=C(S/C=C/NC(C)=O)C[C@H]12. The lowest BCUT2D eigenvalue weighted by Crippen LogP contribution is -2.52. The Morgan fingerprint density at radius 1 is 1.30 bits per heavy atom. The van der Waals surface area contributed by atoms with Crippen molar-refractivity contribution in [2.24, 2.45) is 0 Å². The van der Waals surface area contributed by atoms with E-state index in [2.05, 4.69) is 5.32 Å². The van der Waals surface area contributed by atoms with E-state index in [0.29, 0.717) is 28.0 Å². The van der Waals surface area contributed by atoms with Crippen molar-refractivity contribution in [1.82, 2.24) is 10.2 Å². The number of nitrogens with one attached hydrogen (secondary N) is 1. The topological polar surface area (TPSA) is 102 Å². The van der Waals surface area contributed by atoms with Gasteiger partial charge in [0, 0.05) is 35.6 Å². The number of thioether (sulfide) groups is 1. The predicted molar refractivity (Wildman–Crippen MR) is 107 cm³/mol.